The van der Waals surface area contributed by atoms with Crippen LogP contribution in [0.1, 0.15) is 34.1 Å². The first-order chi connectivity index (χ1) is 19.8. The van der Waals surface area contributed by atoms with Crippen LogP contribution < -0.4 is 19.1 Å². The first-order valence-corrected chi connectivity index (χ1v) is 14.5. The Balaban J connectivity index is 1.21. The predicted octanol–water partition coefficient (Wildman–Crippen LogP) is 3.69. The fraction of sp³-hybridized carbons (Fsp3) is 0.200. The van der Waals surface area contributed by atoms with Crippen LogP contribution in [0.3, 0.4) is 0 Å². The standard InChI is InChI=1S/C30H24N4O6S/c1-39-23-15-22(31-30(32-23)40-2)33-41(37,38)17-13-11-16(12-14-17)34-28(35)26-24-18-7-3-4-8-19(18)25(27(26)29(34)36)21-10-6-5-9-20(21)24/h3-15,24-27H,1-2H3,(H,31,32,33). The van der Waals surface area contributed by atoms with Crippen LogP contribution >= 0.6 is 0 Å². The van der Waals surface area contributed by atoms with E-state index in [-0.39, 0.29) is 46.3 Å². The molecule has 8 rings (SSSR count). The Morgan fingerprint density at radius 3 is 1.71 bits per heavy atom. The highest BCUT2D eigenvalue weighted by atomic mass is 32.2. The molecule has 41 heavy (non-hydrogen) atoms. The number of hydrogen-bond acceptors (Lipinski definition) is 8. The van der Waals surface area contributed by atoms with Crippen molar-refractivity contribution in [1.82, 2.24) is 9.97 Å². The maximum Gasteiger partial charge on any atom is 0.321 e. The number of imide groups is 1. The van der Waals surface area contributed by atoms with Crippen molar-refractivity contribution in [3.63, 3.8) is 0 Å². The summed E-state index contributed by atoms with van der Waals surface area (Å²) in [6.07, 6.45) is 0. The lowest BCUT2D eigenvalue weighted by Gasteiger charge is -2.45. The number of rotatable bonds is 6. The van der Waals surface area contributed by atoms with Crippen LogP contribution in [0.15, 0.2) is 83.8 Å². The van der Waals surface area contributed by atoms with Gasteiger partial charge in [0.15, 0.2) is 5.82 Å². The zero-order valence-electron chi connectivity index (χ0n) is 22.0. The molecule has 3 aromatic carbocycles. The van der Waals surface area contributed by atoms with Gasteiger partial charge in [0.1, 0.15) is 0 Å². The summed E-state index contributed by atoms with van der Waals surface area (Å²) < 4.78 is 38.7. The van der Waals surface area contributed by atoms with Gasteiger partial charge in [0.2, 0.25) is 17.7 Å². The van der Waals surface area contributed by atoms with Crippen molar-refractivity contribution in [2.24, 2.45) is 11.8 Å². The van der Waals surface area contributed by atoms with Gasteiger partial charge in [-0.3, -0.25) is 14.3 Å². The average molecular weight is 569 g/mol. The normalized spacial score (nSPS) is 22.1. The summed E-state index contributed by atoms with van der Waals surface area (Å²) in [5, 5.41) is 0. The molecule has 4 aliphatic rings. The number of amides is 2. The fourth-order valence-electron chi connectivity index (χ4n) is 6.55. The van der Waals surface area contributed by atoms with E-state index < -0.39 is 21.9 Å². The number of carbonyl (C=O) groups excluding carboxylic acids is 2. The number of carbonyl (C=O) groups is 2. The molecule has 0 saturated carbocycles. The minimum absolute atomic E-state index is 0.0404. The van der Waals surface area contributed by atoms with E-state index in [1.165, 1.54) is 49.5 Å². The SMILES string of the molecule is COc1cc(NS(=O)(=O)c2ccc(N3C(=O)C4C5c6ccccc6C(c6ccccc65)C4C3=O)cc2)nc(OC)n1. The number of sulfonamides is 1. The highest BCUT2D eigenvalue weighted by Crippen LogP contribution is 2.61. The number of benzene rings is 3. The van der Waals surface area contributed by atoms with Crippen LogP contribution in [0.25, 0.3) is 0 Å². The highest BCUT2D eigenvalue weighted by Gasteiger charge is 2.61. The Kier molecular flexibility index (Phi) is 5.62. The molecule has 11 heteroatoms. The molecule has 1 fully saturated rings. The molecular weight excluding hydrogens is 544 g/mol. The van der Waals surface area contributed by atoms with Crippen molar-refractivity contribution < 1.29 is 27.5 Å². The zero-order valence-corrected chi connectivity index (χ0v) is 22.8. The Bertz CT molecular complexity index is 1700. The highest BCUT2D eigenvalue weighted by molar-refractivity contribution is 7.92. The Hall–Kier alpha value is -4.77. The summed E-state index contributed by atoms with van der Waals surface area (Å²) in [7, 11) is -1.33. The lowest BCUT2D eigenvalue weighted by molar-refractivity contribution is -0.122. The molecule has 206 valence electrons. The summed E-state index contributed by atoms with van der Waals surface area (Å²) in [4.78, 5) is 37.0. The second-order valence-corrected chi connectivity index (χ2v) is 11.8. The van der Waals surface area contributed by atoms with Crippen LogP contribution in [0.4, 0.5) is 11.5 Å². The van der Waals surface area contributed by atoms with Gasteiger partial charge in [0, 0.05) is 17.9 Å². The summed E-state index contributed by atoms with van der Waals surface area (Å²) in [5.74, 6) is -1.94. The van der Waals surface area contributed by atoms with Gasteiger partial charge >= 0.3 is 6.01 Å². The fourth-order valence-corrected chi connectivity index (χ4v) is 7.55. The van der Waals surface area contributed by atoms with Crippen molar-refractivity contribution >= 4 is 33.3 Å². The predicted molar refractivity (Wildman–Crippen MR) is 148 cm³/mol. The van der Waals surface area contributed by atoms with Crippen molar-refractivity contribution in [3.05, 3.63) is 101 Å². The second kappa shape index (κ2) is 9.13. The van der Waals surface area contributed by atoms with Gasteiger partial charge in [0.25, 0.3) is 10.0 Å². The molecule has 2 amide bonds. The first kappa shape index (κ1) is 25.2. The molecule has 2 unspecified atom stereocenters. The number of ether oxygens (including phenoxy) is 2. The molecule has 0 radical (unpaired) electrons. The Morgan fingerprint density at radius 2 is 1.24 bits per heavy atom. The number of aromatic nitrogens is 2. The molecule has 1 aromatic heterocycles. The number of methoxy groups -OCH3 is 2. The van der Waals surface area contributed by atoms with E-state index >= 15 is 0 Å². The maximum atomic E-state index is 13.9. The third-order valence-electron chi connectivity index (χ3n) is 8.17. The van der Waals surface area contributed by atoms with Crippen molar-refractivity contribution in [2.75, 3.05) is 23.8 Å². The van der Waals surface area contributed by atoms with Gasteiger partial charge < -0.3 is 9.47 Å². The van der Waals surface area contributed by atoms with Gasteiger partial charge in [-0.1, -0.05) is 48.5 Å². The monoisotopic (exact) mass is 568 g/mol. The van der Waals surface area contributed by atoms with E-state index in [4.69, 9.17) is 9.47 Å². The van der Waals surface area contributed by atoms with Crippen LogP contribution in [0.5, 0.6) is 11.9 Å². The van der Waals surface area contributed by atoms with Crippen molar-refractivity contribution in [2.45, 2.75) is 16.7 Å². The zero-order chi connectivity index (χ0) is 28.5. The number of nitrogens with one attached hydrogen (secondary N) is 1. The van der Waals surface area contributed by atoms with Gasteiger partial charge in [-0.05, 0) is 46.5 Å². The van der Waals surface area contributed by atoms with Crippen LogP contribution in [0, 0.1) is 11.8 Å². The first-order valence-electron chi connectivity index (χ1n) is 13.0. The van der Waals surface area contributed by atoms with E-state index in [2.05, 4.69) is 39.0 Å². The van der Waals surface area contributed by atoms with E-state index in [0.717, 1.165) is 22.3 Å². The topological polar surface area (TPSA) is 128 Å². The molecule has 2 bridgehead atoms. The quantitative estimate of drug-likeness (QED) is 0.349. The van der Waals surface area contributed by atoms with Gasteiger partial charge in [-0.15, -0.1) is 0 Å². The van der Waals surface area contributed by atoms with E-state index in [1.807, 2.05) is 24.3 Å². The lowest BCUT2D eigenvalue weighted by atomic mass is 9.55. The summed E-state index contributed by atoms with van der Waals surface area (Å²) in [5.41, 5.74) is 4.68. The molecule has 3 aliphatic carbocycles. The molecule has 10 nitrogen and oxygen atoms in total. The number of anilines is 2. The molecule has 0 spiro atoms. The average Bonchev–Trinajstić information content (AvgIpc) is 3.26. The van der Waals surface area contributed by atoms with Crippen LogP contribution in [-0.2, 0) is 19.6 Å². The van der Waals surface area contributed by atoms with E-state index in [9.17, 15) is 18.0 Å². The summed E-state index contributed by atoms with van der Waals surface area (Å²) >= 11 is 0. The third-order valence-corrected chi connectivity index (χ3v) is 9.54. The summed E-state index contributed by atoms with van der Waals surface area (Å²) in [6, 6.07) is 23.0. The molecule has 4 aromatic rings. The lowest BCUT2D eigenvalue weighted by Crippen LogP contribution is -2.41. The van der Waals surface area contributed by atoms with Crippen molar-refractivity contribution in [3.8, 4) is 11.9 Å². The van der Waals surface area contributed by atoms with E-state index in [1.54, 1.807) is 0 Å². The molecule has 2 atom stereocenters. The molecule has 2 heterocycles. The minimum atomic E-state index is -4.07. The minimum Gasteiger partial charge on any atom is -0.481 e. The Labute approximate surface area is 236 Å². The van der Waals surface area contributed by atoms with Gasteiger partial charge in [0.05, 0.1) is 36.6 Å². The van der Waals surface area contributed by atoms with Gasteiger partial charge in [-0.2, -0.15) is 9.97 Å². The Morgan fingerprint density at radius 1 is 0.732 bits per heavy atom. The van der Waals surface area contributed by atoms with Gasteiger partial charge in [-0.25, -0.2) is 13.3 Å². The number of nitrogens with zero attached hydrogens (tertiary/aromatic N) is 3. The largest absolute Gasteiger partial charge is 0.481 e. The molecule has 1 N–H and O–H groups in total. The summed E-state index contributed by atoms with van der Waals surface area (Å²) in [6.45, 7) is 0. The van der Waals surface area contributed by atoms with Crippen LogP contribution in [0.2, 0.25) is 0 Å². The van der Waals surface area contributed by atoms with E-state index in [0.29, 0.717) is 5.69 Å². The molecular formula is C30H24N4O6S. The number of hydrogen-bond donors (Lipinski definition) is 1. The molecule has 1 aliphatic heterocycles. The smallest absolute Gasteiger partial charge is 0.321 e. The molecule has 1 saturated heterocycles. The second-order valence-electron chi connectivity index (χ2n) is 10.2. The third kappa shape index (κ3) is 3.72. The van der Waals surface area contributed by atoms with Crippen LogP contribution in [-0.4, -0.2) is 44.4 Å². The van der Waals surface area contributed by atoms with Crippen molar-refractivity contribution in [1.29, 1.82) is 0 Å². The maximum absolute atomic E-state index is 13.9.